The highest BCUT2D eigenvalue weighted by molar-refractivity contribution is 7.98. The first-order valence-corrected chi connectivity index (χ1v) is 14.1. The number of carbonyl (C=O) groups is 2. The third-order valence-electron chi connectivity index (χ3n) is 6.23. The number of aliphatic hydroxyl groups is 1. The molecule has 1 aromatic heterocycles. The predicted octanol–water partition coefficient (Wildman–Crippen LogP) is 5.32. The van der Waals surface area contributed by atoms with E-state index in [0.717, 1.165) is 36.9 Å². The van der Waals surface area contributed by atoms with Gasteiger partial charge in [-0.15, -0.1) is 11.8 Å². The first-order chi connectivity index (χ1) is 18.7. The van der Waals surface area contributed by atoms with Crippen molar-refractivity contribution in [3.63, 3.8) is 0 Å². The topological polar surface area (TPSA) is 104 Å². The van der Waals surface area contributed by atoms with Gasteiger partial charge in [0.15, 0.2) is 0 Å². The Kier molecular flexibility index (Phi) is 9.79. The van der Waals surface area contributed by atoms with E-state index in [2.05, 4.69) is 20.5 Å². The van der Waals surface area contributed by atoms with Gasteiger partial charge in [-0.3, -0.25) is 9.59 Å². The Morgan fingerprint density at radius 2 is 1.87 bits per heavy atom. The van der Waals surface area contributed by atoms with Crippen LogP contribution in [-0.2, 0) is 0 Å². The lowest BCUT2D eigenvalue weighted by atomic mass is 10.1. The van der Waals surface area contributed by atoms with Crippen LogP contribution in [0.3, 0.4) is 0 Å². The average molecular weight is 573 g/mol. The van der Waals surface area contributed by atoms with Gasteiger partial charge in [0.25, 0.3) is 11.8 Å². The number of nitrogens with one attached hydrogen (secondary N) is 2. The number of aromatic nitrogens is 1. The van der Waals surface area contributed by atoms with Crippen molar-refractivity contribution >= 4 is 46.7 Å². The Bertz CT molecular complexity index is 1320. The van der Waals surface area contributed by atoms with E-state index in [1.807, 2.05) is 18.4 Å². The van der Waals surface area contributed by atoms with Crippen molar-refractivity contribution in [1.82, 2.24) is 9.88 Å². The van der Waals surface area contributed by atoms with Gasteiger partial charge in [0.2, 0.25) is 0 Å². The first kappa shape index (κ1) is 28.8. The van der Waals surface area contributed by atoms with E-state index in [1.165, 1.54) is 36.2 Å². The van der Waals surface area contributed by atoms with Crippen molar-refractivity contribution in [3.8, 4) is 5.75 Å². The highest BCUT2D eigenvalue weighted by Gasteiger charge is 2.24. The number of β-amino-alcohol motifs (C(OH)–C–C–N with tert-alkyl or cyclic N) is 1. The van der Waals surface area contributed by atoms with Gasteiger partial charge < -0.3 is 25.4 Å². The molecule has 1 fully saturated rings. The number of anilines is 2. The lowest BCUT2D eigenvalue weighted by Gasteiger charge is -2.33. The normalized spacial score (nSPS) is 15.0. The summed E-state index contributed by atoms with van der Waals surface area (Å²) in [6.07, 6.45) is 4.36. The number of hydrogen-bond acceptors (Lipinski definition) is 7. The molecule has 3 N–H and O–H groups in total. The van der Waals surface area contributed by atoms with Gasteiger partial charge in [-0.05, 0) is 74.6 Å². The number of ether oxygens (including phenoxy) is 1. The number of aliphatic hydroxyl groups excluding tert-OH is 1. The molecule has 0 radical (unpaired) electrons. The van der Waals surface area contributed by atoms with Crippen LogP contribution in [0.1, 0.15) is 40.5 Å². The fraction of sp³-hybridized carbons (Fsp3) is 0.321. The number of rotatable bonds is 9. The van der Waals surface area contributed by atoms with Crippen LogP contribution in [0.25, 0.3) is 0 Å². The predicted molar refractivity (Wildman–Crippen MR) is 152 cm³/mol. The van der Waals surface area contributed by atoms with Crippen LogP contribution >= 0.6 is 23.4 Å². The number of amides is 2. The second kappa shape index (κ2) is 13.3. The summed E-state index contributed by atoms with van der Waals surface area (Å²) in [5.41, 5.74) is 0.377. The summed E-state index contributed by atoms with van der Waals surface area (Å²) in [5.74, 6) is -1.09. The van der Waals surface area contributed by atoms with E-state index >= 15 is 0 Å². The maximum Gasteiger partial charge on any atom is 0.259 e. The fourth-order valence-electron chi connectivity index (χ4n) is 4.31. The van der Waals surface area contributed by atoms with Crippen molar-refractivity contribution in [2.45, 2.75) is 36.9 Å². The first-order valence-electron chi connectivity index (χ1n) is 12.5. The van der Waals surface area contributed by atoms with E-state index in [4.69, 9.17) is 16.3 Å². The summed E-state index contributed by atoms with van der Waals surface area (Å²) in [5, 5.41) is 15.4. The molecule has 1 atom stereocenters. The molecule has 2 heterocycles. The summed E-state index contributed by atoms with van der Waals surface area (Å²) in [4.78, 5) is 33.5. The second-order valence-electron chi connectivity index (χ2n) is 9.29. The molecule has 1 saturated heterocycles. The van der Waals surface area contributed by atoms with Gasteiger partial charge in [-0.25, -0.2) is 9.37 Å². The molecule has 8 nitrogen and oxygen atoms in total. The Morgan fingerprint density at radius 1 is 1.13 bits per heavy atom. The van der Waals surface area contributed by atoms with Gasteiger partial charge in [0, 0.05) is 30.7 Å². The molecule has 1 aliphatic rings. The number of pyridine rings is 1. The van der Waals surface area contributed by atoms with Crippen molar-refractivity contribution in [1.29, 1.82) is 0 Å². The van der Waals surface area contributed by atoms with Crippen LogP contribution in [-0.4, -0.2) is 64.9 Å². The molecule has 0 aliphatic carbocycles. The molecule has 4 rings (SSSR count). The molecule has 1 aliphatic heterocycles. The molecule has 0 spiro atoms. The third kappa shape index (κ3) is 7.92. The van der Waals surface area contributed by atoms with Crippen molar-refractivity contribution in [3.05, 3.63) is 76.7 Å². The Hall–Kier alpha value is -3.18. The van der Waals surface area contributed by atoms with Crippen molar-refractivity contribution < 1.29 is 23.8 Å². The number of hydrogen-bond donors (Lipinski definition) is 3. The minimum absolute atomic E-state index is 0.0613. The Labute approximate surface area is 235 Å². The molecular weight excluding hydrogens is 543 g/mol. The lowest BCUT2D eigenvalue weighted by Crippen LogP contribution is -2.41. The molecule has 0 bridgehead atoms. The molecular formula is C28H30ClFN4O4S. The minimum atomic E-state index is -0.641. The minimum Gasteiger partial charge on any atom is -0.489 e. The van der Waals surface area contributed by atoms with E-state index in [1.54, 1.807) is 19.1 Å². The number of piperidine rings is 1. The molecule has 3 aromatic rings. The van der Waals surface area contributed by atoms with Crippen LogP contribution in [0.5, 0.6) is 5.75 Å². The summed E-state index contributed by atoms with van der Waals surface area (Å²) in [6, 6.07) is 12.0. The summed E-state index contributed by atoms with van der Waals surface area (Å²) in [6.45, 7) is 3.96. The number of carbonyl (C=O) groups excluding carboxylic acids is 2. The van der Waals surface area contributed by atoms with Gasteiger partial charge in [-0.1, -0.05) is 11.6 Å². The van der Waals surface area contributed by atoms with Gasteiger partial charge in [-0.2, -0.15) is 0 Å². The summed E-state index contributed by atoms with van der Waals surface area (Å²) in [7, 11) is 0. The maximum atomic E-state index is 14.1. The van der Waals surface area contributed by atoms with Gasteiger partial charge in [0.1, 0.15) is 23.5 Å². The largest absolute Gasteiger partial charge is 0.489 e. The van der Waals surface area contributed by atoms with E-state index in [9.17, 15) is 19.1 Å². The molecule has 2 aromatic carbocycles. The standard InChI is InChI=1S/C28H30ClFN4O4S/c1-17(35)16-34-11-9-20(10-12-34)38-25-14-21(39-2)5-6-22(25)27(36)32-24-7-4-19(30)13-23(24)28(37)33-26-8-3-18(29)15-31-26/h3-8,13-15,17,20,35H,9-12,16H2,1-2H3,(H,32,36)(H,31,33,37)/t17-/m0/s1. The van der Waals surface area contributed by atoms with E-state index < -0.39 is 23.7 Å². The summed E-state index contributed by atoms with van der Waals surface area (Å²) < 4.78 is 20.4. The van der Waals surface area contributed by atoms with Crippen LogP contribution in [0.15, 0.2) is 59.6 Å². The maximum absolute atomic E-state index is 14.1. The monoisotopic (exact) mass is 572 g/mol. The zero-order valence-corrected chi connectivity index (χ0v) is 23.2. The highest BCUT2D eigenvalue weighted by atomic mass is 35.5. The van der Waals surface area contributed by atoms with E-state index in [-0.39, 0.29) is 23.2 Å². The number of likely N-dealkylation sites (tertiary alicyclic amines) is 1. The molecule has 2 amide bonds. The molecule has 0 unspecified atom stereocenters. The van der Waals surface area contributed by atoms with Crippen molar-refractivity contribution in [2.75, 3.05) is 36.5 Å². The molecule has 206 valence electrons. The SMILES string of the molecule is CSc1ccc(C(=O)Nc2ccc(F)cc2C(=O)Nc2ccc(Cl)cn2)c(OC2CCN(C[C@H](C)O)CC2)c1. The zero-order valence-electron chi connectivity index (χ0n) is 21.6. The molecule has 0 saturated carbocycles. The number of benzene rings is 2. The third-order valence-corrected chi connectivity index (χ3v) is 7.18. The van der Waals surface area contributed by atoms with Crippen LogP contribution in [0.4, 0.5) is 15.9 Å². The average Bonchev–Trinajstić information content (AvgIpc) is 2.91. The van der Waals surface area contributed by atoms with Crippen LogP contribution in [0, 0.1) is 5.82 Å². The number of nitrogens with zero attached hydrogens (tertiary/aromatic N) is 2. The van der Waals surface area contributed by atoms with Crippen LogP contribution in [0.2, 0.25) is 5.02 Å². The van der Waals surface area contributed by atoms with Crippen molar-refractivity contribution in [2.24, 2.45) is 0 Å². The number of halogens is 2. The van der Waals surface area contributed by atoms with E-state index in [0.29, 0.717) is 22.9 Å². The highest BCUT2D eigenvalue weighted by Crippen LogP contribution is 2.30. The van der Waals surface area contributed by atoms with Gasteiger partial charge in [0.05, 0.1) is 27.9 Å². The summed E-state index contributed by atoms with van der Waals surface area (Å²) >= 11 is 7.38. The smallest absolute Gasteiger partial charge is 0.259 e. The molecule has 11 heteroatoms. The zero-order chi connectivity index (χ0) is 27.9. The Balaban J connectivity index is 1.52. The van der Waals surface area contributed by atoms with Crippen LogP contribution < -0.4 is 15.4 Å². The second-order valence-corrected chi connectivity index (χ2v) is 10.6. The fourth-order valence-corrected chi connectivity index (χ4v) is 4.85. The van der Waals surface area contributed by atoms with Gasteiger partial charge >= 0.3 is 0 Å². The Morgan fingerprint density at radius 3 is 2.54 bits per heavy atom. The number of thioether (sulfide) groups is 1. The quantitative estimate of drug-likeness (QED) is 0.298. The molecule has 39 heavy (non-hydrogen) atoms. The lowest BCUT2D eigenvalue weighted by molar-refractivity contribution is 0.0664.